The summed E-state index contributed by atoms with van der Waals surface area (Å²) in [4.78, 5) is 3.91. The molecule has 56 valence electrons. The molecule has 0 radical (unpaired) electrons. The van der Waals surface area contributed by atoms with Crippen molar-refractivity contribution < 1.29 is 4.55 Å². The molecule has 10 heavy (non-hydrogen) atoms. The van der Waals surface area contributed by atoms with Crippen LogP contribution < -0.4 is 0 Å². The number of nitrogens with zero attached hydrogens (tertiary/aromatic N) is 3. The molecule has 0 bridgehead atoms. The zero-order chi connectivity index (χ0) is 7.98. The number of hydrogen-bond donors (Lipinski definition) is 2. The second kappa shape index (κ2) is 5.13. The number of thiol groups is 1. The Labute approximate surface area is 65.0 Å². The Kier molecular flexibility index (Phi) is 4.78. The lowest BCUT2D eigenvalue weighted by molar-refractivity contribution is 0.679. The van der Waals surface area contributed by atoms with E-state index in [1.54, 1.807) is 0 Å². The Balaban J connectivity index is 0.000000371. The van der Waals surface area contributed by atoms with Gasteiger partial charge in [-0.15, -0.1) is 5.10 Å². The highest BCUT2D eigenvalue weighted by Crippen LogP contribution is 1.91. The van der Waals surface area contributed by atoms with Gasteiger partial charge in [0.25, 0.3) is 0 Å². The van der Waals surface area contributed by atoms with E-state index in [4.69, 9.17) is 4.55 Å². The van der Waals surface area contributed by atoms with Crippen LogP contribution in [0.1, 0.15) is 11.4 Å². The summed E-state index contributed by atoms with van der Waals surface area (Å²) in [6.45, 7) is 3.79. The van der Waals surface area contributed by atoms with E-state index in [1.807, 2.05) is 13.8 Å². The van der Waals surface area contributed by atoms with Crippen molar-refractivity contribution in [3.8, 4) is 0 Å². The van der Waals surface area contributed by atoms with Crippen molar-refractivity contribution in [1.82, 2.24) is 15.2 Å². The molecule has 0 amide bonds. The SMILES string of the molecule is Cc1ncnnc1C.OS. The van der Waals surface area contributed by atoms with E-state index in [-0.39, 0.29) is 0 Å². The standard InChI is InChI=1S/C5H7N3.H2OS/c1-4-5(2)8-7-3-6-4;1-2/h3H,1-2H3;1-2H. The van der Waals surface area contributed by atoms with Crippen LogP contribution >= 0.6 is 12.9 Å². The van der Waals surface area contributed by atoms with Crippen molar-refractivity contribution in [2.24, 2.45) is 0 Å². The van der Waals surface area contributed by atoms with Crippen LogP contribution in [0, 0.1) is 13.8 Å². The summed E-state index contributed by atoms with van der Waals surface area (Å²) in [7, 11) is 0. The maximum atomic E-state index is 6.69. The summed E-state index contributed by atoms with van der Waals surface area (Å²) in [5.41, 5.74) is 1.84. The normalized spacial score (nSPS) is 8.00. The molecule has 0 aliphatic heterocycles. The molecule has 0 aliphatic carbocycles. The van der Waals surface area contributed by atoms with Crippen LogP contribution in [-0.4, -0.2) is 19.7 Å². The van der Waals surface area contributed by atoms with E-state index < -0.39 is 0 Å². The van der Waals surface area contributed by atoms with Gasteiger partial charge in [-0.05, 0) is 26.8 Å². The fourth-order valence-corrected chi connectivity index (χ4v) is 0.391. The van der Waals surface area contributed by atoms with Gasteiger partial charge in [-0.2, -0.15) is 5.10 Å². The Morgan fingerprint density at radius 1 is 1.30 bits per heavy atom. The highest BCUT2D eigenvalue weighted by atomic mass is 32.1. The predicted octanol–water partition coefficient (Wildman–Crippen LogP) is 0.878. The number of aromatic nitrogens is 3. The van der Waals surface area contributed by atoms with Crippen LogP contribution in [0.4, 0.5) is 0 Å². The van der Waals surface area contributed by atoms with Crippen molar-refractivity contribution in [1.29, 1.82) is 0 Å². The summed E-state index contributed by atoms with van der Waals surface area (Å²) < 4.78 is 6.69. The number of rotatable bonds is 0. The first-order valence-electron chi connectivity index (χ1n) is 2.61. The first-order valence-corrected chi connectivity index (χ1v) is 3.01. The fraction of sp³-hybridized carbons (Fsp3) is 0.400. The number of aryl methyl sites for hydroxylation is 2. The maximum absolute atomic E-state index is 6.69. The number of hydrogen-bond acceptors (Lipinski definition) is 5. The van der Waals surface area contributed by atoms with Crippen molar-refractivity contribution >= 4 is 12.9 Å². The zero-order valence-electron chi connectivity index (χ0n) is 5.81. The largest absolute Gasteiger partial charge is 0.333 e. The van der Waals surface area contributed by atoms with Gasteiger partial charge < -0.3 is 4.55 Å². The van der Waals surface area contributed by atoms with Gasteiger partial charge in [-0.3, -0.25) is 0 Å². The monoisotopic (exact) mass is 159 g/mol. The van der Waals surface area contributed by atoms with Crippen LogP contribution in [0.2, 0.25) is 0 Å². The zero-order valence-corrected chi connectivity index (χ0v) is 6.71. The highest BCUT2D eigenvalue weighted by Gasteiger charge is 1.88. The lowest BCUT2D eigenvalue weighted by Crippen LogP contribution is -1.91. The van der Waals surface area contributed by atoms with E-state index in [9.17, 15) is 0 Å². The van der Waals surface area contributed by atoms with Crippen LogP contribution in [0.5, 0.6) is 0 Å². The van der Waals surface area contributed by atoms with Crippen molar-refractivity contribution in [3.05, 3.63) is 17.7 Å². The molecule has 0 aromatic carbocycles. The molecular formula is C5H9N3OS. The molecule has 1 aromatic rings. The third-order valence-corrected chi connectivity index (χ3v) is 1.03. The molecule has 0 spiro atoms. The van der Waals surface area contributed by atoms with Crippen LogP contribution in [-0.2, 0) is 0 Å². The smallest absolute Gasteiger partial charge is 0.138 e. The average molecular weight is 159 g/mol. The van der Waals surface area contributed by atoms with Gasteiger partial charge in [0.15, 0.2) is 0 Å². The fourth-order valence-electron chi connectivity index (χ4n) is 0.391. The average Bonchev–Trinajstić information content (AvgIpc) is 2.00. The minimum absolute atomic E-state index is 0.896. The molecule has 1 aromatic heterocycles. The second-order valence-corrected chi connectivity index (χ2v) is 1.63. The molecule has 4 nitrogen and oxygen atoms in total. The minimum Gasteiger partial charge on any atom is -0.333 e. The van der Waals surface area contributed by atoms with Gasteiger partial charge >= 0.3 is 0 Å². The lowest BCUT2D eigenvalue weighted by atomic mass is 10.4. The lowest BCUT2D eigenvalue weighted by Gasteiger charge is -1.89. The molecule has 0 fully saturated rings. The molecule has 0 atom stereocenters. The van der Waals surface area contributed by atoms with Crippen molar-refractivity contribution in [3.63, 3.8) is 0 Å². The first kappa shape index (κ1) is 9.32. The van der Waals surface area contributed by atoms with E-state index in [1.165, 1.54) is 6.33 Å². The van der Waals surface area contributed by atoms with Gasteiger partial charge in [0.1, 0.15) is 6.33 Å². The van der Waals surface area contributed by atoms with Gasteiger partial charge in [-0.1, -0.05) is 0 Å². The molecule has 1 heterocycles. The molecule has 0 saturated heterocycles. The van der Waals surface area contributed by atoms with Gasteiger partial charge in [0.2, 0.25) is 0 Å². The van der Waals surface area contributed by atoms with Crippen LogP contribution in [0.25, 0.3) is 0 Å². The topological polar surface area (TPSA) is 58.9 Å². The van der Waals surface area contributed by atoms with Crippen molar-refractivity contribution in [2.75, 3.05) is 0 Å². The molecular weight excluding hydrogens is 150 g/mol. The minimum atomic E-state index is 0.896. The third-order valence-electron chi connectivity index (χ3n) is 1.03. The van der Waals surface area contributed by atoms with E-state index in [0.29, 0.717) is 0 Å². The molecule has 5 heteroatoms. The second-order valence-electron chi connectivity index (χ2n) is 1.63. The Hall–Kier alpha value is -0.680. The Morgan fingerprint density at radius 2 is 1.90 bits per heavy atom. The predicted molar refractivity (Wildman–Crippen MR) is 40.9 cm³/mol. The Morgan fingerprint density at radius 3 is 2.20 bits per heavy atom. The molecule has 1 rings (SSSR count). The van der Waals surface area contributed by atoms with Crippen LogP contribution in [0.15, 0.2) is 6.33 Å². The van der Waals surface area contributed by atoms with Crippen molar-refractivity contribution in [2.45, 2.75) is 13.8 Å². The van der Waals surface area contributed by atoms with E-state index in [0.717, 1.165) is 11.4 Å². The Bertz CT molecular complexity index is 173. The van der Waals surface area contributed by atoms with Crippen LogP contribution in [0.3, 0.4) is 0 Å². The molecule has 0 unspecified atom stereocenters. The molecule has 0 aliphatic rings. The van der Waals surface area contributed by atoms with Gasteiger partial charge in [0.05, 0.1) is 11.4 Å². The molecule has 1 N–H and O–H groups in total. The van der Waals surface area contributed by atoms with E-state index >= 15 is 0 Å². The summed E-state index contributed by atoms with van der Waals surface area (Å²) in [5.74, 6) is 0. The van der Waals surface area contributed by atoms with E-state index in [2.05, 4.69) is 28.1 Å². The quantitative estimate of drug-likeness (QED) is 0.436. The molecule has 0 saturated carbocycles. The first-order chi connectivity index (χ1) is 4.80. The third kappa shape index (κ3) is 2.75. The summed E-state index contributed by atoms with van der Waals surface area (Å²) in [6, 6.07) is 0. The summed E-state index contributed by atoms with van der Waals surface area (Å²) in [6.07, 6.45) is 1.45. The summed E-state index contributed by atoms with van der Waals surface area (Å²) in [5, 5.41) is 7.35. The highest BCUT2D eigenvalue weighted by molar-refractivity contribution is 7.74. The van der Waals surface area contributed by atoms with Gasteiger partial charge in [-0.25, -0.2) is 4.98 Å². The maximum Gasteiger partial charge on any atom is 0.138 e. The summed E-state index contributed by atoms with van der Waals surface area (Å²) >= 11 is 2.53. The van der Waals surface area contributed by atoms with Gasteiger partial charge in [0, 0.05) is 0 Å².